The summed E-state index contributed by atoms with van der Waals surface area (Å²) in [5, 5.41) is 18.1. The Kier molecular flexibility index (Phi) is 6.33. The highest BCUT2D eigenvalue weighted by atomic mass is 19.1. The lowest BCUT2D eigenvalue weighted by Crippen LogP contribution is -2.32. The van der Waals surface area contributed by atoms with Crippen molar-refractivity contribution in [2.45, 2.75) is 26.3 Å². The number of phenolic OH excluding ortho intramolecular Hbond substituents is 1. The standard InChI is InChI=1S/C29H28FN3O4/c1-16-13-17(2)24(21(34)14-16)26-25-27(32-31-26)29(35)33(28(25)19-7-5-6-8-20(19)30)12-11-18-9-10-22(36-3)23(15-18)37-4/h5-10,13-15,28,34H,11-12H2,1-4H3,(H,31,32)/t28-/m0/s1. The van der Waals surface area contributed by atoms with Crippen LogP contribution in [0.25, 0.3) is 11.3 Å². The number of carbonyl (C=O) groups is 1. The van der Waals surface area contributed by atoms with Crippen molar-refractivity contribution in [3.8, 4) is 28.5 Å². The summed E-state index contributed by atoms with van der Waals surface area (Å²) in [4.78, 5) is 15.3. The summed E-state index contributed by atoms with van der Waals surface area (Å²) >= 11 is 0. The number of fused-ring (bicyclic) bond motifs is 1. The number of ether oxygens (including phenoxy) is 2. The Labute approximate surface area is 214 Å². The van der Waals surface area contributed by atoms with Crippen LogP contribution in [-0.4, -0.2) is 46.9 Å². The van der Waals surface area contributed by atoms with Crippen LogP contribution in [0.3, 0.4) is 0 Å². The molecule has 0 aliphatic carbocycles. The number of aromatic amines is 1. The molecule has 2 N–H and O–H groups in total. The third kappa shape index (κ3) is 4.18. The van der Waals surface area contributed by atoms with Crippen LogP contribution in [0.15, 0.2) is 54.6 Å². The molecule has 2 heterocycles. The molecule has 0 spiro atoms. The normalized spacial score (nSPS) is 14.7. The van der Waals surface area contributed by atoms with Crippen molar-refractivity contribution in [2.75, 3.05) is 20.8 Å². The maximum atomic E-state index is 15.2. The summed E-state index contributed by atoms with van der Waals surface area (Å²) in [6.07, 6.45) is 0.513. The van der Waals surface area contributed by atoms with Crippen molar-refractivity contribution < 1.29 is 23.8 Å². The lowest BCUT2D eigenvalue weighted by Gasteiger charge is -2.27. The molecule has 1 aromatic heterocycles. The van der Waals surface area contributed by atoms with E-state index in [9.17, 15) is 9.90 Å². The molecule has 0 saturated heterocycles. The van der Waals surface area contributed by atoms with Gasteiger partial charge in [0.05, 0.1) is 20.3 Å². The number of aryl methyl sites for hydroxylation is 2. The van der Waals surface area contributed by atoms with Gasteiger partial charge in [0.15, 0.2) is 11.5 Å². The van der Waals surface area contributed by atoms with Gasteiger partial charge in [0.25, 0.3) is 5.91 Å². The molecule has 0 bridgehead atoms. The Bertz CT molecular complexity index is 1470. The molecule has 1 aliphatic heterocycles. The van der Waals surface area contributed by atoms with Crippen LogP contribution in [0.5, 0.6) is 17.2 Å². The van der Waals surface area contributed by atoms with E-state index < -0.39 is 11.9 Å². The summed E-state index contributed by atoms with van der Waals surface area (Å²) in [7, 11) is 3.15. The highest BCUT2D eigenvalue weighted by Gasteiger charge is 2.43. The van der Waals surface area contributed by atoms with Crippen LogP contribution >= 0.6 is 0 Å². The molecular weight excluding hydrogens is 473 g/mol. The number of hydrogen-bond donors (Lipinski definition) is 2. The van der Waals surface area contributed by atoms with Gasteiger partial charge in [-0.2, -0.15) is 5.10 Å². The van der Waals surface area contributed by atoms with Crippen molar-refractivity contribution >= 4 is 5.91 Å². The predicted molar refractivity (Wildman–Crippen MR) is 138 cm³/mol. The van der Waals surface area contributed by atoms with Gasteiger partial charge in [-0.05, 0) is 61.2 Å². The van der Waals surface area contributed by atoms with Crippen molar-refractivity contribution in [2.24, 2.45) is 0 Å². The van der Waals surface area contributed by atoms with Gasteiger partial charge in [0.1, 0.15) is 23.0 Å². The predicted octanol–water partition coefficient (Wildman–Crippen LogP) is 5.34. The number of aromatic nitrogens is 2. The third-order valence-electron chi connectivity index (χ3n) is 6.85. The number of methoxy groups -OCH3 is 2. The zero-order chi connectivity index (χ0) is 26.3. The summed E-state index contributed by atoms with van der Waals surface area (Å²) in [6.45, 7) is 4.11. The zero-order valence-corrected chi connectivity index (χ0v) is 21.1. The van der Waals surface area contributed by atoms with Crippen molar-refractivity contribution in [1.29, 1.82) is 0 Å². The molecule has 4 aromatic rings. The number of nitrogens with one attached hydrogen (secondary N) is 1. The van der Waals surface area contributed by atoms with E-state index in [-0.39, 0.29) is 11.7 Å². The Morgan fingerprint density at radius 2 is 1.81 bits per heavy atom. The third-order valence-corrected chi connectivity index (χ3v) is 6.85. The zero-order valence-electron chi connectivity index (χ0n) is 21.1. The van der Waals surface area contributed by atoms with Gasteiger partial charge in [0, 0.05) is 23.2 Å². The fourth-order valence-electron chi connectivity index (χ4n) is 5.18. The van der Waals surface area contributed by atoms with E-state index in [1.54, 1.807) is 43.4 Å². The van der Waals surface area contributed by atoms with E-state index >= 15 is 4.39 Å². The number of aromatic hydroxyl groups is 1. The number of H-pyrrole nitrogens is 1. The SMILES string of the molecule is COc1ccc(CCN2C(=O)c3[nH]nc(-c4c(C)cc(C)cc4O)c3[C@@H]2c2ccccc2F)cc1OC. The molecule has 190 valence electrons. The number of rotatable bonds is 7. The Morgan fingerprint density at radius 1 is 1.05 bits per heavy atom. The summed E-state index contributed by atoms with van der Waals surface area (Å²) < 4.78 is 25.9. The van der Waals surface area contributed by atoms with Crippen LogP contribution in [-0.2, 0) is 6.42 Å². The maximum Gasteiger partial charge on any atom is 0.273 e. The largest absolute Gasteiger partial charge is 0.507 e. The van der Waals surface area contributed by atoms with Crippen molar-refractivity contribution in [3.63, 3.8) is 0 Å². The van der Waals surface area contributed by atoms with Crippen molar-refractivity contribution in [1.82, 2.24) is 15.1 Å². The molecule has 3 aromatic carbocycles. The summed E-state index contributed by atoms with van der Waals surface area (Å²) in [6, 6.07) is 14.9. The molecule has 5 rings (SSSR count). The number of amides is 1. The molecule has 0 fully saturated rings. The van der Waals surface area contributed by atoms with E-state index in [4.69, 9.17) is 9.47 Å². The lowest BCUT2D eigenvalue weighted by molar-refractivity contribution is 0.0744. The monoisotopic (exact) mass is 501 g/mol. The minimum absolute atomic E-state index is 0.0651. The van der Waals surface area contributed by atoms with Gasteiger partial charge in [-0.3, -0.25) is 9.89 Å². The number of halogens is 1. The molecule has 1 aliphatic rings. The number of benzene rings is 3. The van der Waals surface area contributed by atoms with Gasteiger partial charge in [-0.25, -0.2) is 4.39 Å². The molecule has 8 heteroatoms. The highest BCUT2D eigenvalue weighted by molar-refractivity contribution is 6.00. The maximum absolute atomic E-state index is 15.2. The Balaban J connectivity index is 1.58. The number of carbonyl (C=O) groups excluding carboxylic acids is 1. The van der Waals surface area contributed by atoms with Crippen LogP contribution in [0.4, 0.5) is 4.39 Å². The second kappa shape index (κ2) is 9.61. The second-order valence-corrected chi connectivity index (χ2v) is 9.20. The van der Waals surface area contributed by atoms with Gasteiger partial charge >= 0.3 is 0 Å². The average Bonchev–Trinajstić information content (AvgIpc) is 3.41. The number of nitrogens with zero attached hydrogens (tertiary/aromatic N) is 2. The minimum Gasteiger partial charge on any atom is -0.507 e. The first-order valence-corrected chi connectivity index (χ1v) is 12.0. The molecular formula is C29H28FN3O4. The van der Waals surface area contributed by atoms with Crippen molar-refractivity contribution in [3.05, 3.63) is 93.9 Å². The quantitative estimate of drug-likeness (QED) is 0.357. The number of phenols is 1. The van der Waals surface area contributed by atoms with Gasteiger partial charge in [-0.15, -0.1) is 0 Å². The van der Waals surface area contributed by atoms with Gasteiger partial charge < -0.3 is 19.5 Å². The first kappa shape index (κ1) is 24.4. The minimum atomic E-state index is -0.710. The summed E-state index contributed by atoms with van der Waals surface area (Å²) in [5.74, 6) is 0.593. The van der Waals surface area contributed by atoms with Crippen LogP contribution in [0, 0.1) is 19.7 Å². The van der Waals surface area contributed by atoms with E-state index in [1.165, 1.54) is 6.07 Å². The van der Waals surface area contributed by atoms with Crippen LogP contribution in [0.2, 0.25) is 0 Å². The van der Waals surface area contributed by atoms with Gasteiger partial charge in [0.2, 0.25) is 0 Å². The molecule has 37 heavy (non-hydrogen) atoms. The molecule has 1 amide bonds. The fraction of sp³-hybridized carbons (Fsp3) is 0.241. The fourth-order valence-corrected chi connectivity index (χ4v) is 5.18. The van der Waals surface area contributed by atoms with E-state index in [0.29, 0.717) is 52.5 Å². The first-order chi connectivity index (χ1) is 17.8. The average molecular weight is 502 g/mol. The summed E-state index contributed by atoms with van der Waals surface area (Å²) in [5.41, 5.74) is 4.87. The first-order valence-electron chi connectivity index (χ1n) is 12.0. The molecule has 1 atom stereocenters. The van der Waals surface area contributed by atoms with Gasteiger partial charge in [-0.1, -0.05) is 30.3 Å². The number of hydrogen-bond acceptors (Lipinski definition) is 5. The second-order valence-electron chi connectivity index (χ2n) is 9.20. The highest BCUT2D eigenvalue weighted by Crippen LogP contribution is 2.46. The molecule has 7 nitrogen and oxygen atoms in total. The lowest BCUT2D eigenvalue weighted by atomic mass is 9.93. The van der Waals surface area contributed by atoms with E-state index in [1.807, 2.05) is 38.1 Å². The molecule has 0 unspecified atom stereocenters. The molecule has 0 saturated carbocycles. The molecule has 0 radical (unpaired) electrons. The Morgan fingerprint density at radius 3 is 2.51 bits per heavy atom. The topological polar surface area (TPSA) is 87.7 Å². The van der Waals surface area contributed by atoms with Crippen LogP contribution < -0.4 is 9.47 Å². The van der Waals surface area contributed by atoms with Crippen LogP contribution in [0.1, 0.15) is 44.3 Å². The Hall–Kier alpha value is -4.33. The van der Waals surface area contributed by atoms with E-state index in [0.717, 1.165) is 16.7 Å². The van der Waals surface area contributed by atoms with E-state index in [2.05, 4.69) is 10.2 Å². The smallest absolute Gasteiger partial charge is 0.273 e.